The number of aliphatic carboxylic acids is 1. The predicted molar refractivity (Wildman–Crippen MR) is 78.4 cm³/mol. The average Bonchev–Trinajstić information content (AvgIpc) is 2.70. The molecule has 2 rings (SSSR count). The third kappa shape index (κ3) is 4.49. The van der Waals surface area contributed by atoms with Gasteiger partial charge in [-0.2, -0.15) is 0 Å². The van der Waals surface area contributed by atoms with Crippen LogP contribution in [0.2, 0.25) is 0 Å². The molecule has 0 saturated carbocycles. The van der Waals surface area contributed by atoms with Gasteiger partial charge >= 0.3 is 5.97 Å². The number of hydrogen-bond acceptors (Lipinski definition) is 3. The van der Waals surface area contributed by atoms with Crippen molar-refractivity contribution in [3.05, 3.63) is 23.8 Å². The van der Waals surface area contributed by atoms with E-state index in [-0.39, 0.29) is 12.5 Å². The summed E-state index contributed by atoms with van der Waals surface area (Å²) in [6.07, 6.45) is 8.80. The SMILES string of the molecule is CC.O=C1CN(C(C(=O)O)C2=CCCCC=C2)CCN1. The van der Waals surface area contributed by atoms with Crippen LogP contribution in [0.3, 0.4) is 0 Å². The number of piperazine rings is 1. The van der Waals surface area contributed by atoms with Crippen molar-refractivity contribution in [2.75, 3.05) is 19.6 Å². The Morgan fingerprint density at radius 2 is 2.15 bits per heavy atom. The van der Waals surface area contributed by atoms with Crippen LogP contribution >= 0.6 is 0 Å². The van der Waals surface area contributed by atoms with Gasteiger partial charge in [-0.1, -0.05) is 32.1 Å². The molecular formula is C15H24N2O3. The van der Waals surface area contributed by atoms with Crippen molar-refractivity contribution in [2.45, 2.75) is 39.2 Å². The van der Waals surface area contributed by atoms with Crippen molar-refractivity contribution in [3.8, 4) is 0 Å². The molecule has 0 aromatic carbocycles. The molecule has 112 valence electrons. The molecule has 0 spiro atoms. The third-order valence-electron chi connectivity index (χ3n) is 3.25. The highest BCUT2D eigenvalue weighted by Crippen LogP contribution is 2.19. The molecule has 1 amide bonds. The van der Waals surface area contributed by atoms with Gasteiger partial charge < -0.3 is 10.4 Å². The summed E-state index contributed by atoms with van der Waals surface area (Å²) >= 11 is 0. The van der Waals surface area contributed by atoms with Crippen molar-refractivity contribution in [1.29, 1.82) is 0 Å². The smallest absolute Gasteiger partial charge is 0.325 e. The monoisotopic (exact) mass is 280 g/mol. The first-order valence-corrected chi connectivity index (χ1v) is 7.28. The van der Waals surface area contributed by atoms with Gasteiger partial charge in [0.25, 0.3) is 0 Å². The first kappa shape index (κ1) is 16.4. The van der Waals surface area contributed by atoms with E-state index in [1.54, 1.807) is 4.90 Å². The lowest BCUT2D eigenvalue weighted by Gasteiger charge is -2.32. The molecule has 2 N–H and O–H groups in total. The van der Waals surface area contributed by atoms with Gasteiger partial charge in [-0.05, 0) is 24.8 Å². The lowest BCUT2D eigenvalue weighted by molar-refractivity contribution is -0.142. The zero-order valence-electron chi connectivity index (χ0n) is 12.3. The molecule has 1 aliphatic carbocycles. The van der Waals surface area contributed by atoms with Gasteiger partial charge in [0, 0.05) is 13.1 Å². The van der Waals surface area contributed by atoms with Crippen LogP contribution < -0.4 is 5.32 Å². The minimum Gasteiger partial charge on any atom is -0.480 e. The zero-order valence-corrected chi connectivity index (χ0v) is 12.3. The summed E-state index contributed by atoms with van der Waals surface area (Å²) in [4.78, 5) is 24.6. The quantitative estimate of drug-likeness (QED) is 0.823. The Kier molecular flexibility index (Phi) is 7.01. The molecule has 0 bridgehead atoms. The molecule has 1 unspecified atom stereocenters. The van der Waals surface area contributed by atoms with Crippen molar-refractivity contribution < 1.29 is 14.7 Å². The fourth-order valence-corrected chi connectivity index (χ4v) is 2.38. The minimum atomic E-state index is -0.887. The molecule has 0 aromatic heterocycles. The number of rotatable bonds is 3. The molecule has 5 heteroatoms. The van der Waals surface area contributed by atoms with Crippen molar-refractivity contribution in [1.82, 2.24) is 10.2 Å². The highest BCUT2D eigenvalue weighted by molar-refractivity contribution is 5.82. The Morgan fingerprint density at radius 3 is 2.80 bits per heavy atom. The molecule has 1 heterocycles. The van der Waals surface area contributed by atoms with Gasteiger partial charge in [0.05, 0.1) is 6.54 Å². The Morgan fingerprint density at radius 1 is 1.40 bits per heavy atom. The van der Waals surface area contributed by atoms with Gasteiger partial charge in [-0.3, -0.25) is 14.5 Å². The lowest BCUT2D eigenvalue weighted by Crippen LogP contribution is -2.54. The molecule has 2 aliphatic rings. The number of nitrogens with one attached hydrogen (secondary N) is 1. The predicted octanol–water partition coefficient (Wildman–Crippen LogP) is 1.56. The Labute approximate surface area is 120 Å². The largest absolute Gasteiger partial charge is 0.480 e. The van der Waals surface area contributed by atoms with Gasteiger partial charge in [-0.25, -0.2) is 0 Å². The first-order valence-electron chi connectivity index (χ1n) is 7.28. The summed E-state index contributed by atoms with van der Waals surface area (Å²) in [6.45, 7) is 5.25. The van der Waals surface area contributed by atoms with Crippen molar-refractivity contribution in [2.24, 2.45) is 0 Å². The van der Waals surface area contributed by atoms with Gasteiger partial charge in [-0.15, -0.1) is 0 Å². The van der Waals surface area contributed by atoms with Crippen molar-refractivity contribution in [3.63, 3.8) is 0 Å². The number of amides is 1. The lowest BCUT2D eigenvalue weighted by atomic mass is 10.0. The van der Waals surface area contributed by atoms with E-state index in [0.29, 0.717) is 13.1 Å². The number of allylic oxidation sites excluding steroid dienone is 2. The third-order valence-corrected chi connectivity index (χ3v) is 3.25. The van der Waals surface area contributed by atoms with Crippen LogP contribution in [0.15, 0.2) is 23.8 Å². The Balaban J connectivity index is 0.000000956. The van der Waals surface area contributed by atoms with Crippen LogP contribution in [-0.4, -0.2) is 47.6 Å². The second kappa shape index (κ2) is 8.53. The normalized spacial score (nSPS) is 20.9. The van der Waals surface area contributed by atoms with E-state index in [2.05, 4.69) is 5.32 Å². The Bertz CT molecular complexity index is 402. The van der Waals surface area contributed by atoms with E-state index in [9.17, 15) is 14.7 Å². The molecule has 1 fully saturated rings. The molecule has 5 nitrogen and oxygen atoms in total. The second-order valence-corrected chi connectivity index (χ2v) is 4.60. The van der Waals surface area contributed by atoms with E-state index in [4.69, 9.17) is 0 Å². The average molecular weight is 280 g/mol. The van der Waals surface area contributed by atoms with E-state index < -0.39 is 12.0 Å². The van der Waals surface area contributed by atoms with Crippen LogP contribution in [0.5, 0.6) is 0 Å². The standard InChI is InChI=1S/C13H18N2O3.C2H6/c16-11-9-15(8-7-14-11)12(13(17)18)10-5-3-1-2-4-6-10;1-2/h3,5-6,12H,1-2,4,7-9H2,(H,14,16)(H,17,18);1-2H3. The highest BCUT2D eigenvalue weighted by Gasteiger charge is 2.31. The van der Waals surface area contributed by atoms with E-state index >= 15 is 0 Å². The topological polar surface area (TPSA) is 69.6 Å². The number of carbonyl (C=O) groups is 2. The summed E-state index contributed by atoms with van der Waals surface area (Å²) in [5.74, 6) is -0.992. The number of carboxylic acid groups (broad SMARTS) is 1. The first-order chi connectivity index (χ1) is 9.68. The Hall–Kier alpha value is -1.62. The maximum Gasteiger partial charge on any atom is 0.325 e. The molecule has 20 heavy (non-hydrogen) atoms. The van der Waals surface area contributed by atoms with Crippen LogP contribution in [0.1, 0.15) is 33.1 Å². The summed E-state index contributed by atoms with van der Waals surface area (Å²) in [7, 11) is 0. The molecule has 0 aromatic rings. The van der Waals surface area contributed by atoms with E-state index in [1.807, 2.05) is 32.1 Å². The summed E-state index contributed by atoms with van der Waals surface area (Å²) in [6, 6.07) is -0.703. The van der Waals surface area contributed by atoms with E-state index in [1.165, 1.54) is 0 Å². The van der Waals surface area contributed by atoms with E-state index in [0.717, 1.165) is 24.8 Å². The van der Waals surface area contributed by atoms with Crippen molar-refractivity contribution >= 4 is 11.9 Å². The summed E-state index contributed by atoms with van der Waals surface area (Å²) < 4.78 is 0. The minimum absolute atomic E-state index is 0.106. The molecule has 0 radical (unpaired) electrons. The van der Waals surface area contributed by atoms with Crippen LogP contribution in [-0.2, 0) is 9.59 Å². The van der Waals surface area contributed by atoms with Crippen LogP contribution in [0.4, 0.5) is 0 Å². The van der Waals surface area contributed by atoms with Crippen LogP contribution in [0.25, 0.3) is 0 Å². The highest BCUT2D eigenvalue weighted by atomic mass is 16.4. The number of nitrogens with zero attached hydrogens (tertiary/aromatic N) is 1. The second-order valence-electron chi connectivity index (χ2n) is 4.60. The fraction of sp³-hybridized carbons (Fsp3) is 0.600. The van der Waals surface area contributed by atoms with Gasteiger partial charge in [0.1, 0.15) is 6.04 Å². The number of hydrogen-bond donors (Lipinski definition) is 2. The maximum absolute atomic E-state index is 11.5. The fourth-order valence-electron chi connectivity index (χ4n) is 2.38. The van der Waals surface area contributed by atoms with Gasteiger partial charge in [0.15, 0.2) is 0 Å². The molecular weight excluding hydrogens is 256 g/mol. The molecule has 1 aliphatic heterocycles. The van der Waals surface area contributed by atoms with Crippen LogP contribution in [0, 0.1) is 0 Å². The number of carbonyl (C=O) groups excluding carboxylic acids is 1. The summed E-state index contributed by atoms with van der Waals surface area (Å²) in [5, 5.41) is 12.1. The molecule has 1 atom stereocenters. The molecule has 1 saturated heterocycles. The summed E-state index contributed by atoms with van der Waals surface area (Å²) in [5.41, 5.74) is 0.801. The number of carboxylic acids is 1. The van der Waals surface area contributed by atoms with Gasteiger partial charge in [0.2, 0.25) is 5.91 Å². The zero-order chi connectivity index (χ0) is 15.0. The maximum atomic E-state index is 11.5.